The molecule has 0 spiro atoms. The molecule has 0 atom stereocenters. The SMILES string of the molecule is CCNC(=O)CNC1CCCCCC1. The van der Waals surface area contributed by atoms with E-state index in [0.717, 1.165) is 6.54 Å². The first-order chi connectivity index (χ1) is 6.83. The van der Waals surface area contributed by atoms with Crippen molar-refractivity contribution in [3.63, 3.8) is 0 Å². The second-order valence-electron chi connectivity index (χ2n) is 4.02. The van der Waals surface area contributed by atoms with Gasteiger partial charge in [-0.25, -0.2) is 0 Å². The van der Waals surface area contributed by atoms with Gasteiger partial charge in [0.25, 0.3) is 0 Å². The van der Waals surface area contributed by atoms with Gasteiger partial charge in [-0.15, -0.1) is 0 Å². The fourth-order valence-corrected chi connectivity index (χ4v) is 1.98. The zero-order valence-corrected chi connectivity index (χ0v) is 9.14. The first kappa shape index (κ1) is 11.5. The molecule has 3 nitrogen and oxygen atoms in total. The zero-order valence-electron chi connectivity index (χ0n) is 9.14. The van der Waals surface area contributed by atoms with Crippen LogP contribution in [0.2, 0.25) is 0 Å². The van der Waals surface area contributed by atoms with Gasteiger partial charge in [0, 0.05) is 12.6 Å². The molecule has 2 N–H and O–H groups in total. The van der Waals surface area contributed by atoms with Gasteiger partial charge in [0.2, 0.25) is 5.91 Å². The fraction of sp³-hybridized carbons (Fsp3) is 0.909. The van der Waals surface area contributed by atoms with Gasteiger partial charge in [0.15, 0.2) is 0 Å². The Morgan fingerprint density at radius 2 is 1.86 bits per heavy atom. The second-order valence-corrected chi connectivity index (χ2v) is 4.02. The third-order valence-electron chi connectivity index (χ3n) is 2.78. The van der Waals surface area contributed by atoms with E-state index in [-0.39, 0.29) is 5.91 Å². The van der Waals surface area contributed by atoms with Gasteiger partial charge in [0.05, 0.1) is 6.54 Å². The van der Waals surface area contributed by atoms with Crippen LogP contribution in [-0.4, -0.2) is 25.0 Å². The molecule has 0 aromatic heterocycles. The topological polar surface area (TPSA) is 41.1 Å². The quantitative estimate of drug-likeness (QED) is 0.671. The van der Waals surface area contributed by atoms with Crippen LogP contribution in [0.4, 0.5) is 0 Å². The summed E-state index contributed by atoms with van der Waals surface area (Å²) in [5.41, 5.74) is 0. The minimum Gasteiger partial charge on any atom is -0.355 e. The van der Waals surface area contributed by atoms with E-state index in [4.69, 9.17) is 0 Å². The number of hydrogen-bond acceptors (Lipinski definition) is 2. The fourth-order valence-electron chi connectivity index (χ4n) is 1.98. The van der Waals surface area contributed by atoms with E-state index in [1.54, 1.807) is 0 Å². The molecule has 0 aliphatic heterocycles. The zero-order chi connectivity index (χ0) is 10.2. The lowest BCUT2D eigenvalue weighted by Crippen LogP contribution is -2.38. The molecule has 0 aromatic carbocycles. The summed E-state index contributed by atoms with van der Waals surface area (Å²) < 4.78 is 0. The Labute approximate surface area is 86.6 Å². The van der Waals surface area contributed by atoms with E-state index in [2.05, 4.69) is 10.6 Å². The Kier molecular flexibility index (Phi) is 5.60. The third-order valence-corrected chi connectivity index (χ3v) is 2.78. The van der Waals surface area contributed by atoms with Gasteiger partial charge in [-0.2, -0.15) is 0 Å². The maximum absolute atomic E-state index is 11.2. The van der Waals surface area contributed by atoms with E-state index < -0.39 is 0 Å². The second kappa shape index (κ2) is 6.82. The van der Waals surface area contributed by atoms with Crippen LogP contribution in [-0.2, 0) is 4.79 Å². The number of likely N-dealkylation sites (N-methyl/N-ethyl adjacent to an activating group) is 1. The molecule has 1 saturated carbocycles. The first-order valence-electron chi connectivity index (χ1n) is 5.83. The molecule has 3 heteroatoms. The van der Waals surface area contributed by atoms with Crippen LogP contribution < -0.4 is 10.6 Å². The van der Waals surface area contributed by atoms with Gasteiger partial charge in [-0.1, -0.05) is 25.7 Å². The largest absolute Gasteiger partial charge is 0.355 e. The first-order valence-corrected chi connectivity index (χ1v) is 5.83. The maximum atomic E-state index is 11.2. The number of amides is 1. The van der Waals surface area contributed by atoms with Crippen molar-refractivity contribution in [1.82, 2.24) is 10.6 Å². The molecule has 1 aliphatic carbocycles. The lowest BCUT2D eigenvalue weighted by Gasteiger charge is -2.15. The molecule has 0 saturated heterocycles. The summed E-state index contributed by atoms with van der Waals surface area (Å²) in [5, 5.41) is 6.13. The van der Waals surface area contributed by atoms with Crippen molar-refractivity contribution < 1.29 is 4.79 Å². The summed E-state index contributed by atoms with van der Waals surface area (Å²) in [6, 6.07) is 0.570. The molecule has 14 heavy (non-hydrogen) atoms. The molecule has 1 amide bonds. The van der Waals surface area contributed by atoms with Gasteiger partial charge >= 0.3 is 0 Å². The number of hydrogen-bond donors (Lipinski definition) is 2. The molecular formula is C11H22N2O. The van der Waals surface area contributed by atoms with Gasteiger partial charge in [-0.3, -0.25) is 4.79 Å². The van der Waals surface area contributed by atoms with Crippen LogP contribution in [0.5, 0.6) is 0 Å². The highest BCUT2D eigenvalue weighted by molar-refractivity contribution is 5.77. The molecule has 0 bridgehead atoms. The van der Waals surface area contributed by atoms with E-state index in [1.807, 2.05) is 6.92 Å². The highest BCUT2D eigenvalue weighted by Crippen LogP contribution is 2.16. The smallest absolute Gasteiger partial charge is 0.233 e. The molecule has 82 valence electrons. The van der Waals surface area contributed by atoms with Crippen molar-refractivity contribution in [2.45, 2.75) is 51.5 Å². The molecular weight excluding hydrogens is 176 g/mol. The summed E-state index contributed by atoms with van der Waals surface area (Å²) in [6.07, 6.45) is 7.82. The molecule has 0 radical (unpaired) electrons. The van der Waals surface area contributed by atoms with Crippen LogP contribution in [0.25, 0.3) is 0 Å². The minimum absolute atomic E-state index is 0.122. The lowest BCUT2D eigenvalue weighted by molar-refractivity contribution is -0.120. The van der Waals surface area contributed by atoms with E-state index >= 15 is 0 Å². The van der Waals surface area contributed by atoms with Crippen molar-refractivity contribution in [1.29, 1.82) is 0 Å². The highest BCUT2D eigenvalue weighted by Gasteiger charge is 2.12. The molecule has 1 aliphatic rings. The van der Waals surface area contributed by atoms with Gasteiger partial charge in [-0.05, 0) is 19.8 Å². The van der Waals surface area contributed by atoms with E-state index in [0.29, 0.717) is 12.6 Å². The van der Waals surface area contributed by atoms with Crippen LogP contribution in [0.3, 0.4) is 0 Å². The lowest BCUT2D eigenvalue weighted by atomic mass is 10.1. The summed E-state index contributed by atoms with van der Waals surface area (Å²) in [5.74, 6) is 0.122. The van der Waals surface area contributed by atoms with E-state index in [9.17, 15) is 4.79 Å². The van der Waals surface area contributed by atoms with Crippen molar-refractivity contribution in [2.24, 2.45) is 0 Å². The molecule has 0 heterocycles. The van der Waals surface area contributed by atoms with Crippen LogP contribution >= 0.6 is 0 Å². The van der Waals surface area contributed by atoms with Crippen molar-refractivity contribution >= 4 is 5.91 Å². The molecule has 1 fully saturated rings. The van der Waals surface area contributed by atoms with Crippen LogP contribution in [0, 0.1) is 0 Å². The van der Waals surface area contributed by atoms with Crippen LogP contribution in [0.15, 0.2) is 0 Å². The standard InChI is InChI=1S/C11H22N2O/c1-2-12-11(14)9-13-10-7-5-3-4-6-8-10/h10,13H,2-9H2,1H3,(H,12,14). The van der Waals surface area contributed by atoms with Crippen molar-refractivity contribution in [3.05, 3.63) is 0 Å². The Morgan fingerprint density at radius 3 is 2.43 bits per heavy atom. The number of rotatable bonds is 4. The predicted molar refractivity (Wildman–Crippen MR) is 58.2 cm³/mol. The van der Waals surface area contributed by atoms with E-state index in [1.165, 1.54) is 38.5 Å². The normalized spacial score (nSPS) is 18.9. The molecule has 0 aromatic rings. The minimum atomic E-state index is 0.122. The summed E-state index contributed by atoms with van der Waals surface area (Å²) in [6.45, 7) is 3.16. The summed E-state index contributed by atoms with van der Waals surface area (Å²) >= 11 is 0. The summed E-state index contributed by atoms with van der Waals surface area (Å²) in [7, 11) is 0. The predicted octanol–water partition coefficient (Wildman–Crippen LogP) is 1.43. The number of carbonyl (C=O) groups is 1. The average Bonchev–Trinajstić information content (AvgIpc) is 2.43. The Morgan fingerprint density at radius 1 is 1.21 bits per heavy atom. The van der Waals surface area contributed by atoms with Gasteiger partial charge < -0.3 is 10.6 Å². The number of carbonyl (C=O) groups excluding carboxylic acids is 1. The Bertz CT molecular complexity index is 163. The monoisotopic (exact) mass is 198 g/mol. The number of nitrogens with one attached hydrogen (secondary N) is 2. The molecule has 1 rings (SSSR count). The Balaban J connectivity index is 2.12. The van der Waals surface area contributed by atoms with Gasteiger partial charge in [0.1, 0.15) is 0 Å². The third kappa shape index (κ3) is 4.61. The Hall–Kier alpha value is -0.570. The molecule has 0 unspecified atom stereocenters. The average molecular weight is 198 g/mol. The summed E-state index contributed by atoms with van der Waals surface area (Å²) in [4.78, 5) is 11.2. The maximum Gasteiger partial charge on any atom is 0.233 e. The van der Waals surface area contributed by atoms with Crippen LogP contribution in [0.1, 0.15) is 45.4 Å². The van der Waals surface area contributed by atoms with Crippen molar-refractivity contribution in [2.75, 3.05) is 13.1 Å². The highest BCUT2D eigenvalue weighted by atomic mass is 16.1. The van der Waals surface area contributed by atoms with Crippen molar-refractivity contribution in [3.8, 4) is 0 Å².